The molecule has 0 aromatic carbocycles. The number of carbonyl (C=O) groups is 2. The maximum Gasteiger partial charge on any atom is 0.322 e. The molecule has 0 atom stereocenters. The number of hydrogen-bond donors (Lipinski definition) is 0. The van der Waals surface area contributed by atoms with E-state index in [0.29, 0.717) is 25.7 Å². The van der Waals surface area contributed by atoms with Gasteiger partial charge in [0.15, 0.2) is 0 Å². The molecule has 10 heteroatoms. The maximum absolute atomic E-state index is 11.2. The molecule has 0 heterocycles. The summed E-state index contributed by atoms with van der Waals surface area (Å²) in [5.41, 5.74) is 0. The van der Waals surface area contributed by atoms with E-state index in [4.69, 9.17) is 0 Å². The fourth-order valence-corrected chi connectivity index (χ4v) is 2.35. The van der Waals surface area contributed by atoms with Gasteiger partial charge in [0.1, 0.15) is 0 Å². The van der Waals surface area contributed by atoms with Crippen molar-refractivity contribution in [1.29, 1.82) is 0 Å². The van der Waals surface area contributed by atoms with E-state index in [9.17, 15) is 26.4 Å². The van der Waals surface area contributed by atoms with Crippen molar-refractivity contribution in [1.82, 2.24) is 0 Å². The molecule has 0 aliphatic carbocycles. The molecule has 0 spiro atoms. The van der Waals surface area contributed by atoms with Gasteiger partial charge in [0, 0.05) is 12.8 Å². The molecule has 0 aromatic rings. The van der Waals surface area contributed by atoms with E-state index >= 15 is 0 Å². The van der Waals surface area contributed by atoms with Crippen molar-refractivity contribution in [3.63, 3.8) is 0 Å². The first kappa shape index (κ1) is 20.8. The summed E-state index contributed by atoms with van der Waals surface area (Å²) in [5.74, 6) is -2.12. The van der Waals surface area contributed by atoms with Gasteiger partial charge >= 0.3 is 32.2 Å². The normalized spacial score (nSPS) is 11.9. The Morgan fingerprint density at radius 2 is 1.00 bits per heavy atom. The Balaban J connectivity index is 3.75. The highest BCUT2D eigenvalue weighted by Crippen LogP contribution is 2.09. The fourth-order valence-electron chi connectivity index (χ4n) is 1.38. The zero-order valence-corrected chi connectivity index (χ0v) is 14.4. The van der Waals surface area contributed by atoms with Crippen LogP contribution in [0.4, 0.5) is 0 Å². The zero-order chi connectivity index (χ0) is 17.2. The predicted molar refractivity (Wildman–Crippen MR) is 78.8 cm³/mol. The smallest absolute Gasteiger partial charge is 0.322 e. The van der Waals surface area contributed by atoms with E-state index in [1.165, 1.54) is 13.8 Å². The summed E-state index contributed by atoms with van der Waals surface area (Å²) < 4.78 is 52.6. The van der Waals surface area contributed by atoms with Crippen LogP contribution in [0.1, 0.15) is 52.4 Å². The molecule has 0 aromatic heterocycles. The maximum atomic E-state index is 11.2. The lowest BCUT2D eigenvalue weighted by molar-refractivity contribution is -0.135. The second-order valence-corrected chi connectivity index (χ2v) is 8.24. The zero-order valence-electron chi connectivity index (χ0n) is 12.7. The van der Waals surface area contributed by atoms with Gasteiger partial charge in [-0.05, 0) is 26.7 Å². The van der Waals surface area contributed by atoms with Gasteiger partial charge in [-0.15, -0.1) is 0 Å². The summed E-state index contributed by atoms with van der Waals surface area (Å²) in [7, 11) is -7.53. The number of unbranched alkanes of at least 4 members (excludes halogenated alkanes) is 3. The van der Waals surface area contributed by atoms with Gasteiger partial charge < -0.3 is 8.37 Å². The monoisotopic (exact) mass is 358 g/mol. The molecule has 0 unspecified atom stereocenters. The summed E-state index contributed by atoms with van der Waals surface area (Å²) in [6.45, 7) is 2.75. The summed E-state index contributed by atoms with van der Waals surface area (Å²) in [5, 5.41) is 0. The molecule has 0 amide bonds. The lowest BCUT2D eigenvalue weighted by Crippen LogP contribution is -2.14. The molecule has 0 bridgehead atoms. The molecule has 0 saturated carbocycles. The molecule has 0 fully saturated rings. The number of rotatable bonds is 11. The van der Waals surface area contributed by atoms with Crippen LogP contribution in [0.5, 0.6) is 0 Å². The van der Waals surface area contributed by atoms with Gasteiger partial charge in [0.2, 0.25) is 0 Å². The van der Waals surface area contributed by atoms with Gasteiger partial charge in [-0.2, -0.15) is 16.8 Å². The molecular formula is C12H22O8S2. The van der Waals surface area contributed by atoms with Crippen LogP contribution in [0, 0.1) is 0 Å². The topological polar surface area (TPSA) is 121 Å². The van der Waals surface area contributed by atoms with Gasteiger partial charge in [-0.25, -0.2) is 0 Å². The SMILES string of the molecule is CCS(=O)(=O)OC(=O)CCCCCCC(=O)OS(=O)(=O)CC. The average Bonchev–Trinajstić information content (AvgIpc) is 2.41. The highest BCUT2D eigenvalue weighted by molar-refractivity contribution is 7.87. The molecule has 0 radical (unpaired) electrons. The summed E-state index contributed by atoms with van der Waals surface area (Å²) in [6, 6.07) is 0. The second kappa shape index (κ2) is 9.78. The summed E-state index contributed by atoms with van der Waals surface area (Å²) in [4.78, 5) is 22.4. The minimum absolute atomic E-state index is 0.0200. The third kappa shape index (κ3) is 10.6. The number of carbonyl (C=O) groups excluding carboxylic acids is 2. The second-order valence-electron chi connectivity index (χ2n) is 4.52. The predicted octanol–water partition coefficient (Wildman–Crippen LogP) is 1.11. The van der Waals surface area contributed by atoms with Crippen LogP contribution in [0.15, 0.2) is 0 Å². The van der Waals surface area contributed by atoms with Gasteiger partial charge in [-0.1, -0.05) is 12.8 Å². The van der Waals surface area contributed by atoms with Crippen molar-refractivity contribution in [3.05, 3.63) is 0 Å². The van der Waals surface area contributed by atoms with Crippen LogP contribution in [0.3, 0.4) is 0 Å². The molecular weight excluding hydrogens is 336 g/mol. The molecule has 0 aliphatic rings. The lowest BCUT2D eigenvalue weighted by atomic mass is 10.1. The van der Waals surface area contributed by atoms with Crippen LogP contribution < -0.4 is 0 Å². The van der Waals surface area contributed by atoms with Gasteiger partial charge in [0.05, 0.1) is 11.5 Å². The Bertz CT molecular complexity index is 510. The van der Waals surface area contributed by atoms with Crippen molar-refractivity contribution in [2.75, 3.05) is 11.5 Å². The van der Waals surface area contributed by atoms with Crippen LogP contribution >= 0.6 is 0 Å². The van der Waals surface area contributed by atoms with E-state index in [2.05, 4.69) is 8.37 Å². The largest absolute Gasteiger partial charge is 0.346 e. The Kier molecular flexibility index (Phi) is 9.26. The first-order chi connectivity index (χ1) is 10.1. The number of hydrogen-bond acceptors (Lipinski definition) is 8. The van der Waals surface area contributed by atoms with E-state index in [0.717, 1.165) is 0 Å². The van der Waals surface area contributed by atoms with Crippen LogP contribution in [0.2, 0.25) is 0 Å². The third-order valence-corrected chi connectivity index (χ3v) is 4.95. The molecule has 0 N–H and O–H groups in total. The van der Waals surface area contributed by atoms with Crippen molar-refractivity contribution >= 4 is 32.2 Å². The van der Waals surface area contributed by atoms with Crippen LogP contribution in [0.25, 0.3) is 0 Å². The van der Waals surface area contributed by atoms with Crippen LogP contribution in [-0.4, -0.2) is 40.3 Å². The standard InChI is InChI=1S/C12H22O8S2/c1-3-21(15,16)19-11(13)9-7-5-6-8-10-12(14)20-22(17,18)4-2/h3-10H2,1-2H3. The molecule has 130 valence electrons. The average molecular weight is 358 g/mol. The fraction of sp³-hybridized carbons (Fsp3) is 0.833. The third-order valence-electron chi connectivity index (χ3n) is 2.66. The Morgan fingerprint density at radius 3 is 1.27 bits per heavy atom. The van der Waals surface area contributed by atoms with Crippen molar-refractivity contribution in [2.45, 2.75) is 52.4 Å². The van der Waals surface area contributed by atoms with Crippen LogP contribution in [-0.2, 0) is 38.2 Å². The Morgan fingerprint density at radius 1 is 0.682 bits per heavy atom. The molecule has 8 nitrogen and oxygen atoms in total. The molecule has 0 aliphatic heterocycles. The van der Waals surface area contributed by atoms with Crippen molar-refractivity contribution in [3.8, 4) is 0 Å². The van der Waals surface area contributed by atoms with E-state index in [1.807, 2.05) is 0 Å². The van der Waals surface area contributed by atoms with Gasteiger partial charge in [-0.3, -0.25) is 9.59 Å². The van der Waals surface area contributed by atoms with E-state index in [1.54, 1.807) is 0 Å². The minimum Gasteiger partial charge on any atom is -0.346 e. The first-order valence-electron chi connectivity index (χ1n) is 7.02. The summed E-state index contributed by atoms with van der Waals surface area (Å²) >= 11 is 0. The first-order valence-corrected chi connectivity index (χ1v) is 10.2. The highest BCUT2D eigenvalue weighted by atomic mass is 32.2. The van der Waals surface area contributed by atoms with E-state index in [-0.39, 0.29) is 24.3 Å². The van der Waals surface area contributed by atoms with Gasteiger partial charge in [0.25, 0.3) is 0 Å². The summed E-state index contributed by atoms with van der Waals surface area (Å²) in [6.07, 6.45) is 2.01. The highest BCUT2D eigenvalue weighted by Gasteiger charge is 2.15. The molecule has 0 saturated heterocycles. The Labute approximate surface area is 131 Å². The van der Waals surface area contributed by atoms with E-state index < -0.39 is 32.2 Å². The lowest BCUT2D eigenvalue weighted by Gasteiger charge is -2.04. The quantitative estimate of drug-likeness (QED) is 0.398. The minimum atomic E-state index is -3.76. The molecule has 22 heavy (non-hydrogen) atoms. The Hall–Kier alpha value is -1.16. The van der Waals surface area contributed by atoms with Crippen molar-refractivity contribution in [2.24, 2.45) is 0 Å². The molecule has 0 rings (SSSR count). The van der Waals surface area contributed by atoms with Crippen molar-refractivity contribution < 1.29 is 34.8 Å².